The molecular formula is C15H14ClFN2O4S. The molecule has 6 nitrogen and oxygen atoms in total. The summed E-state index contributed by atoms with van der Waals surface area (Å²) in [5, 5.41) is 29.2. The van der Waals surface area contributed by atoms with Crippen molar-refractivity contribution in [2.24, 2.45) is 0 Å². The van der Waals surface area contributed by atoms with Crippen molar-refractivity contribution in [3.8, 4) is 17.0 Å². The number of ether oxygens (including phenoxy) is 1. The second kappa shape index (κ2) is 7.20. The Hall–Kier alpha value is -1.45. The molecule has 3 rings (SSSR count). The van der Waals surface area contributed by atoms with Crippen molar-refractivity contribution in [1.82, 2.24) is 9.97 Å². The molecule has 0 radical (unpaired) electrons. The van der Waals surface area contributed by atoms with Crippen LogP contribution in [-0.4, -0.2) is 54.8 Å². The summed E-state index contributed by atoms with van der Waals surface area (Å²) >= 11 is 7.27. The maximum atomic E-state index is 13.2. The Bertz CT molecular complexity index is 738. The fourth-order valence-corrected chi connectivity index (χ4v) is 3.55. The normalized spacial score (nSPS) is 27.0. The fourth-order valence-electron chi connectivity index (χ4n) is 2.24. The quantitative estimate of drug-likeness (QED) is 0.702. The van der Waals surface area contributed by atoms with E-state index in [0.29, 0.717) is 11.3 Å². The molecule has 2 aromatic rings. The lowest BCUT2D eigenvalue weighted by atomic mass is 10.1. The first-order valence-electron chi connectivity index (χ1n) is 7.06. The van der Waals surface area contributed by atoms with Crippen LogP contribution in [0, 0.1) is 5.95 Å². The van der Waals surface area contributed by atoms with Crippen LogP contribution in [0.2, 0.25) is 5.15 Å². The van der Waals surface area contributed by atoms with E-state index in [2.05, 4.69) is 9.97 Å². The molecule has 1 saturated heterocycles. The highest BCUT2D eigenvalue weighted by atomic mass is 35.5. The number of pyridine rings is 2. The number of hydrogen-bond donors (Lipinski definition) is 3. The van der Waals surface area contributed by atoms with Crippen molar-refractivity contribution in [2.45, 2.75) is 23.7 Å². The summed E-state index contributed by atoms with van der Waals surface area (Å²) in [4.78, 5) is 7.63. The molecule has 9 heteroatoms. The number of rotatable bonds is 3. The van der Waals surface area contributed by atoms with Gasteiger partial charge in [-0.1, -0.05) is 11.6 Å². The molecular weight excluding hydrogens is 359 g/mol. The maximum absolute atomic E-state index is 13.2. The molecule has 0 saturated carbocycles. The van der Waals surface area contributed by atoms with Gasteiger partial charge in [0.25, 0.3) is 0 Å². The summed E-state index contributed by atoms with van der Waals surface area (Å²) in [5.41, 5.74) is 0.175. The monoisotopic (exact) mass is 372 g/mol. The van der Waals surface area contributed by atoms with Crippen LogP contribution >= 0.6 is 23.4 Å². The lowest BCUT2D eigenvalue weighted by Crippen LogP contribution is -2.50. The van der Waals surface area contributed by atoms with Gasteiger partial charge in [0.1, 0.15) is 12.2 Å². The molecule has 128 valence electrons. The molecule has 0 bridgehead atoms. The van der Waals surface area contributed by atoms with Gasteiger partial charge >= 0.3 is 0 Å². The van der Waals surface area contributed by atoms with Gasteiger partial charge in [0, 0.05) is 23.6 Å². The minimum absolute atomic E-state index is 0.0399. The summed E-state index contributed by atoms with van der Waals surface area (Å²) in [7, 11) is 0. The third-order valence-electron chi connectivity index (χ3n) is 3.53. The maximum Gasteiger partial charge on any atom is 0.213 e. The largest absolute Gasteiger partial charge is 0.474 e. The summed E-state index contributed by atoms with van der Waals surface area (Å²) in [6, 6.07) is 5.98. The van der Waals surface area contributed by atoms with Crippen molar-refractivity contribution in [3.63, 3.8) is 0 Å². The predicted octanol–water partition coefficient (Wildman–Crippen LogP) is 1.47. The molecule has 4 atom stereocenters. The van der Waals surface area contributed by atoms with Crippen LogP contribution in [0.1, 0.15) is 0 Å². The SMILES string of the molecule is O[C@@H]1[C@@H](O)[C@H](Oc2ccc(-c3ccnc(F)c3)nc2Cl)SC[C@H]1O. The van der Waals surface area contributed by atoms with E-state index in [9.17, 15) is 19.7 Å². The minimum atomic E-state index is -1.29. The first kappa shape index (κ1) is 17.4. The van der Waals surface area contributed by atoms with Gasteiger partial charge in [-0.05, 0) is 18.2 Å². The average molecular weight is 373 g/mol. The third-order valence-corrected chi connectivity index (χ3v) is 5.04. The third kappa shape index (κ3) is 3.62. The molecule has 0 aliphatic carbocycles. The number of hydrogen-bond acceptors (Lipinski definition) is 7. The van der Waals surface area contributed by atoms with E-state index in [1.54, 1.807) is 18.2 Å². The van der Waals surface area contributed by atoms with Gasteiger partial charge in [0.05, 0.1) is 11.8 Å². The highest BCUT2D eigenvalue weighted by Crippen LogP contribution is 2.33. The van der Waals surface area contributed by atoms with Crippen LogP contribution in [0.25, 0.3) is 11.3 Å². The Morgan fingerprint density at radius 2 is 2.00 bits per heavy atom. The molecule has 1 fully saturated rings. The van der Waals surface area contributed by atoms with Crippen molar-refractivity contribution in [1.29, 1.82) is 0 Å². The van der Waals surface area contributed by atoms with Crippen molar-refractivity contribution < 1.29 is 24.4 Å². The van der Waals surface area contributed by atoms with E-state index in [1.807, 2.05) is 0 Å². The molecule has 0 unspecified atom stereocenters. The van der Waals surface area contributed by atoms with E-state index in [0.717, 1.165) is 11.8 Å². The van der Waals surface area contributed by atoms with Gasteiger partial charge in [-0.25, -0.2) is 9.97 Å². The average Bonchev–Trinajstić information content (AvgIpc) is 2.57. The summed E-state index contributed by atoms with van der Waals surface area (Å²) < 4.78 is 18.8. The second-order valence-corrected chi connectivity index (χ2v) is 6.71. The molecule has 1 aliphatic heterocycles. The number of aromatic nitrogens is 2. The summed E-state index contributed by atoms with van der Waals surface area (Å²) in [6.45, 7) is 0. The number of aliphatic hydroxyl groups is 3. The highest BCUT2D eigenvalue weighted by molar-refractivity contribution is 7.99. The van der Waals surface area contributed by atoms with Gasteiger partial charge in [-0.2, -0.15) is 4.39 Å². The molecule has 0 amide bonds. The zero-order valence-corrected chi connectivity index (χ0v) is 13.8. The van der Waals surface area contributed by atoms with E-state index in [4.69, 9.17) is 16.3 Å². The van der Waals surface area contributed by atoms with E-state index in [-0.39, 0.29) is 16.7 Å². The Morgan fingerprint density at radius 1 is 1.21 bits per heavy atom. The molecule has 3 N–H and O–H groups in total. The van der Waals surface area contributed by atoms with Crippen molar-refractivity contribution >= 4 is 23.4 Å². The lowest BCUT2D eigenvalue weighted by Gasteiger charge is -2.34. The van der Waals surface area contributed by atoms with Crippen LogP contribution in [-0.2, 0) is 0 Å². The predicted molar refractivity (Wildman–Crippen MR) is 87.3 cm³/mol. The lowest BCUT2D eigenvalue weighted by molar-refractivity contribution is -0.0786. The van der Waals surface area contributed by atoms with Gasteiger partial charge in [0.2, 0.25) is 5.95 Å². The smallest absolute Gasteiger partial charge is 0.213 e. The van der Waals surface area contributed by atoms with Crippen LogP contribution in [0.3, 0.4) is 0 Å². The first-order valence-corrected chi connectivity index (χ1v) is 8.49. The first-order chi connectivity index (χ1) is 11.5. The summed E-state index contributed by atoms with van der Waals surface area (Å²) in [5.74, 6) is -0.183. The zero-order chi connectivity index (χ0) is 17.3. The number of aliphatic hydroxyl groups excluding tert-OH is 3. The molecule has 3 heterocycles. The van der Waals surface area contributed by atoms with Crippen LogP contribution in [0.5, 0.6) is 5.75 Å². The van der Waals surface area contributed by atoms with Gasteiger partial charge in [-0.3, -0.25) is 0 Å². The van der Waals surface area contributed by atoms with E-state index >= 15 is 0 Å². The standard InChI is InChI=1S/C15H14ClFN2O4S/c16-14-10(23-15-13(22)12(21)9(20)6-24-15)2-1-8(19-14)7-3-4-18-11(17)5-7/h1-5,9,12-13,15,20-22H,6H2/t9-,12+,13-,15-/m1/s1. The Labute approximate surface area is 146 Å². The number of nitrogens with zero attached hydrogens (tertiary/aromatic N) is 2. The molecule has 24 heavy (non-hydrogen) atoms. The van der Waals surface area contributed by atoms with Gasteiger partial charge in [0.15, 0.2) is 16.3 Å². The van der Waals surface area contributed by atoms with E-state index in [1.165, 1.54) is 12.3 Å². The molecule has 0 spiro atoms. The fraction of sp³-hybridized carbons (Fsp3) is 0.333. The Morgan fingerprint density at radius 3 is 2.71 bits per heavy atom. The van der Waals surface area contributed by atoms with Crippen LogP contribution in [0.4, 0.5) is 4.39 Å². The van der Waals surface area contributed by atoms with Crippen LogP contribution in [0.15, 0.2) is 30.5 Å². The Balaban J connectivity index is 1.78. The Kier molecular flexibility index (Phi) is 5.21. The number of thioether (sulfide) groups is 1. The molecule has 2 aromatic heterocycles. The number of halogens is 2. The molecule has 1 aliphatic rings. The highest BCUT2D eigenvalue weighted by Gasteiger charge is 2.38. The van der Waals surface area contributed by atoms with Crippen molar-refractivity contribution in [2.75, 3.05) is 5.75 Å². The van der Waals surface area contributed by atoms with Crippen LogP contribution < -0.4 is 4.74 Å². The van der Waals surface area contributed by atoms with E-state index < -0.39 is 29.7 Å². The van der Waals surface area contributed by atoms with Gasteiger partial charge < -0.3 is 20.1 Å². The summed E-state index contributed by atoms with van der Waals surface area (Å²) in [6.07, 6.45) is -2.24. The zero-order valence-electron chi connectivity index (χ0n) is 12.2. The minimum Gasteiger partial charge on any atom is -0.474 e. The van der Waals surface area contributed by atoms with Crippen molar-refractivity contribution in [3.05, 3.63) is 41.6 Å². The molecule has 0 aromatic carbocycles. The topological polar surface area (TPSA) is 95.7 Å². The second-order valence-electron chi connectivity index (χ2n) is 5.22. The van der Waals surface area contributed by atoms with Gasteiger partial charge in [-0.15, -0.1) is 11.8 Å².